The van der Waals surface area contributed by atoms with Crippen molar-refractivity contribution in [2.24, 2.45) is 0 Å². The summed E-state index contributed by atoms with van der Waals surface area (Å²) in [7, 11) is 0. The first kappa shape index (κ1) is 32.2. The van der Waals surface area contributed by atoms with Crippen LogP contribution in [0.4, 0.5) is 0 Å². The van der Waals surface area contributed by atoms with Gasteiger partial charge < -0.3 is 0 Å². The Morgan fingerprint density at radius 2 is 0.873 bits per heavy atom. The van der Waals surface area contributed by atoms with Gasteiger partial charge >= 0.3 is 0 Å². The van der Waals surface area contributed by atoms with Crippen LogP contribution in [-0.2, 0) is 5.41 Å². The maximum atomic E-state index is 4.92. The fraction of sp³-hybridized carbons (Fsp3) is 0.0588. The maximum absolute atomic E-state index is 4.92. The van der Waals surface area contributed by atoms with Crippen LogP contribution < -0.4 is 0 Å². The third-order valence-corrected chi connectivity index (χ3v) is 13.5. The first-order chi connectivity index (χ1) is 27.0. The summed E-state index contributed by atoms with van der Waals surface area (Å²) in [5, 5.41) is 4.73. The Balaban J connectivity index is 1.02. The summed E-state index contributed by atoms with van der Waals surface area (Å²) in [6.45, 7) is 4.77. The van der Waals surface area contributed by atoms with Crippen LogP contribution in [0.15, 0.2) is 170 Å². The Labute approximate surface area is 328 Å². The van der Waals surface area contributed by atoms with Gasteiger partial charge in [0.15, 0.2) is 0 Å². The zero-order valence-electron chi connectivity index (χ0n) is 30.4. The highest BCUT2D eigenvalue weighted by Gasteiger charge is 2.37. The number of aromatic nitrogens is 2. The fourth-order valence-electron chi connectivity index (χ4n) is 8.51. The lowest BCUT2D eigenvalue weighted by Crippen LogP contribution is -2.15. The van der Waals surface area contributed by atoms with Crippen molar-refractivity contribution in [1.29, 1.82) is 0 Å². The van der Waals surface area contributed by atoms with E-state index < -0.39 is 0 Å². The molecule has 10 aromatic rings. The number of fused-ring (bicyclic) bond motifs is 7. The van der Waals surface area contributed by atoms with Crippen LogP contribution in [0.25, 0.3) is 96.9 Å². The zero-order chi connectivity index (χ0) is 36.7. The van der Waals surface area contributed by atoms with E-state index in [0.717, 1.165) is 32.2 Å². The van der Waals surface area contributed by atoms with Crippen molar-refractivity contribution in [3.63, 3.8) is 0 Å². The first-order valence-electron chi connectivity index (χ1n) is 18.7. The second-order valence-electron chi connectivity index (χ2n) is 15.0. The summed E-state index contributed by atoms with van der Waals surface area (Å²) in [4.78, 5) is 9.84. The van der Waals surface area contributed by atoms with Gasteiger partial charge in [0.2, 0.25) is 0 Å². The number of para-hydroxylation sites is 2. The molecule has 0 atom stereocenters. The Hall–Kier alpha value is -6.20. The minimum atomic E-state index is -0.130. The van der Waals surface area contributed by atoms with E-state index in [1.165, 1.54) is 75.8 Å². The number of hydrogen-bond acceptors (Lipinski definition) is 4. The SMILES string of the molecule is CC1(C)c2cc(-c3cc(-c4ccc(-c5nc6ccccc6s5)cc4)cc(-c4ccc(-c5nc6ccccc6s5)cc4)c3)ccc2-c2ccc3ccccc3c21. The minimum absolute atomic E-state index is 0.130. The van der Waals surface area contributed by atoms with Crippen molar-refractivity contribution < 1.29 is 0 Å². The highest BCUT2D eigenvalue weighted by atomic mass is 32.1. The number of hydrogen-bond donors (Lipinski definition) is 0. The van der Waals surface area contributed by atoms with Crippen LogP contribution in [0.3, 0.4) is 0 Å². The summed E-state index contributed by atoms with van der Waals surface area (Å²) in [6.07, 6.45) is 0. The summed E-state index contributed by atoms with van der Waals surface area (Å²) < 4.78 is 2.42. The second kappa shape index (κ2) is 12.4. The van der Waals surface area contributed by atoms with Crippen LogP contribution in [0.1, 0.15) is 25.0 Å². The van der Waals surface area contributed by atoms with E-state index in [1.54, 1.807) is 22.7 Å². The molecule has 11 rings (SSSR count). The molecule has 0 N–H and O–H groups in total. The molecular formula is C51H34N2S2. The van der Waals surface area contributed by atoms with Gasteiger partial charge in [-0.1, -0.05) is 135 Å². The average Bonchev–Trinajstić information content (AvgIpc) is 3.94. The van der Waals surface area contributed by atoms with Crippen molar-refractivity contribution in [3.8, 4) is 65.6 Å². The monoisotopic (exact) mass is 738 g/mol. The molecule has 0 fully saturated rings. The lowest BCUT2D eigenvalue weighted by molar-refractivity contribution is 0.666. The topological polar surface area (TPSA) is 25.8 Å². The lowest BCUT2D eigenvalue weighted by Gasteiger charge is -2.23. The van der Waals surface area contributed by atoms with E-state index in [9.17, 15) is 0 Å². The van der Waals surface area contributed by atoms with Crippen molar-refractivity contribution in [1.82, 2.24) is 9.97 Å². The molecule has 0 bridgehead atoms. The van der Waals surface area contributed by atoms with Crippen molar-refractivity contribution in [3.05, 3.63) is 181 Å². The van der Waals surface area contributed by atoms with E-state index in [1.807, 2.05) is 0 Å². The fourth-order valence-corrected chi connectivity index (χ4v) is 10.5. The van der Waals surface area contributed by atoms with Gasteiger partial charge in [0.1, 0.15) is 10.0 Å². The zero-order valence-corrected chi connectivity index (χ0v) is 32.0. The molecule has 55 heavy (non-hydrogen) atoms. The molecule has 1 aliphatic carbocycles. The first-order valence-corrected chi connectivity index (χ1v) is 20.3. The van der Waals surface area contributed by atoms with Crippen LogP contribution >= 0.6 is 22.7 Å². The Morgan fingerprint density at radius 1 is 0.400 bits per heavy atom. The lowest BCUT2D eigenvalue weighted by atomic mass is 9.79. The van der Waals surface area contributed by atoms with Crippen LogP contribution in [0, 0.1) is 0 Å². The number of benzene rings is 8. The standard InChI is InChI=1S/C51H34N2S2/c1-51(2)43-30-36(24-25-41(43)42-26-23-33-9-3-4-10-40(33)48(42)51)39-28-37(31-15-19-34(20-16-31)49-52-44-11-5-7-13-46(44)54-49)27-38(29-39)32-17-21-35(22-18-32)50-53-45-12-6-8-14-47(45)55-50/h3-30H,1-2H3. The highest BCUT2D eigenvalue weighted by molar-refractivity contribution is 7.22. The van der Waals surface area contributed by atoms with E-state index >= 15 is 0 Å². The molecule has 0 spiro atoms. The molecule has 2 aromatic heterocycles. The van der Waals surface area contributed by atoms with Crippen LogP contribution in [0.2, 0.25) is 0 Å². The number of nitrogens with zero attached hydrogens (tertiary/aromatic N) is 2. The van der Waals surface area contributed by atoms with Gasteiger partial charge in [0.25, 0.3) is 0 Å². The summed E-state index contributed by atoms with van der Waals surface area (Å²) in [6, 6.07) is 62.1. The van der Waals surface area contributed by atoms with E-state index in [-0.39, 0.29) is 5.41 Å². The third kappa shape index (κ3) is 5.36. The molecular weight excluding hydrogens is 705 g/mol. The smallest absolute Gasteiger partial charge is 0.124 e. The van der Waals surface area contributed by atoms with Gasteiger partial charge in [-0.25, -0.2) is 9.97 Å². The van der Waals surface area contributed by atoms with E-state index in [2.05, 4.69) is 184 Å². The van der Waals surface area contributed by atoms with Crippen LogP contribution in [0.5, 0.6) is 0 Å². The van der Waals surface area contributed by atoms with Gasteiger partial charge in [-0.05, 0) is 115 Å². The molecule has 260 valence electrons. The largest absolute Gasteiger partial charge is 0.236 e. The van der Waals surface area contributed by atoms with Gasteiger partial charge in [0.05, 0.1) is 20.4 Å². The summed E-state index contributed by atoms with van der Waals surface area (Å²) in [5.74, 6) is 0. The Morgan fingerprint density at radius 3 is 1.45 bits per heavy atom. The predicted octanol–water partition coefficient (Wildman–Crippen LogP) is 14.7. The number of rotatable bonds is 5. The highest BCUT2D eigenvalue weighted by Crippen LogP contribution is 2.52. The summed E-state index contributed by atoms with van der Waals surface area (Å²) >= 11 is 3.49. The molecule has 0 aliphatic heterocycles. The van der Waals surface area contributed by atoms with E-state index in [0.29, 0.717) is 0 Å². The molecule has 0 saturated heterocycles. The van der Waals surface area contributed by atoms with Gasteiger partial charge in [-0.3, -0.25) is 0 Å². The van der Waals surface area contributed by atoms with Gasteiger partial charge in [0, 0.05) is 16.5 Å². The maximum Gasteiger partial charge on any atom is 0.124 e. The van der Waals surface area contributed by atoms with Gasteiger partial charge in [-0.2, -0.15) is 0 Å². The Bertz CT molecular complexity index is 2910. The van der Waals surface area contributed by atoms with Gasteiger partial charge in [-0.15, -0.1) is 22.7 Å². The molecule has 2 nitrogen and oxygen atoms in total. The average molecular weight is 739 g/mol. The normalized spacial score (nSPS) is 13.1. The minimum Gasteiger partial charge on any atom is -0.236 e. The van der Waals surface area contributed by atoms with Crippen molar-refractivity contribution in [2.45, 2.75) is 19.3 Å². The molecule has 1 aliphatic rings. The molecule has 2 heterocycles. The molecule has 0 radical (unpaired) electrons. The third-order valence-electron chi connectivity index (χ3n) is 11.3. The summed E-state index contributed by atoms with van der Waals surface area (Å²) in [5.41, 5.74) is 16.9. The molecule has 0 unspecified atom stereocenters. The number of thiazole rings is 2. The molecule has 0 saturated carbocycles. The van der Waals surface area contributed by atoms with Crippen molar-refractivity contribution >= 4 is 53.9 Å². The molecule has 4 heteroatoms. The Kier molecular flexibility index (Phi) is 7.28. The predicted molar refractivity (Wildman–Crippen MR) is 235 cm³/mol. The molecule has 8 aromatic carbocycles. The molecule has 0 amide bonds. The quantitative estimate of drug-likeness (QED) is 0.176. The second-order valence-corrected chi connectivity index (χ2v) is 17.1. The van der Waals surface area contributed by atoms with Crippen molar-refractivity contribution in [2.75, 3.05) is 0 Å². The van der Waals surface area contributed by atoms with E-state index in [4.69, 9.17) is 9.97 Å². The van der Waals surface area contributed by atoms with Crippen LogP contribution in [-0.4, -0.2) is 9.97 Å².